The normalized spacial score (nSPS) is 19.7. The van der Waals surface area contributed by atoms with E-state index >= 15 is 0 Å². The number of rotatable bonds is 6. The lowest BCUT2D eigenvalue weighted by Gasteiger charge is -2.35. The largest absolute Gasteiger partial charge is 0.416 e. The first-order valence-corrected chi connectivity index (χ1v) is 13.3. The number of sulfone groups is 1. The van der Waals surface area contributed by atoms with Crippen LogP contribution in [0.3, 0.4) is 0 Å². The molecule has 0 bridgehead atoms. The summed E-state index contributed by atoms with van der Waals surface area (Å²) in [5, 5.41) is 2.89. The maximum Gasteiger partial charge on any atom is 0.416 e. The van der Waals surface area contributed by atoms with Crippen molar-refractivity contribution in [3.63, 3.8) is 0 Å². The smallest absolute Gasteiger partial charge is 0.345 e. The van der Waals surface area contributed by atoms with Crippen LogP contribution in [0, 0.1) is 5.92 Å². The number of nitrogens with one attached hydrogen (secondary N) is 1. The third-order valence-corrected chi connectivity index (χ3v) is 7.84. The van der Waals surface area contributed by atoms with E-state index in [-0.39, 0.29) is 21.9 Å². The first-order chi connectivity index (χ1) is 16.9. The SMILES string of the molecule is CC1=NC=C(C(=O)NC(c2ccc(S(C)(=O)=O)cc2)C2CCC2)C(=O)C1c1cccc(C(F)(F)F)c1. The van der Waals surface area contributed by atoms with Gasteiger partial charge in [0.2, 0.25) is 0 Å². The van der Waals surface area contributed by atoms with Gasteiger partial charge in [0.1, 0.15) is 5.57 Å². The molecular weight excluding hydrogens is 493 g/mol. The van der Waals surface area contributed by atoms with E-state index in [9.17, 15) is 31.2 Å². The fourth-order valence-corrected chi connectivity index (χ4v) is 5.13. The van der Waals surface area contributed by atoms with Crippen LogP contribution < -0.4 is 5.32 Å². The Morgan fingerprint density at radius 1 is 1.11 bits per heavy atom. The van der Waals surface area contributed by atoms with Crippen LogP contribution in [0.5, 0.6) is 0 Å². The number of amides is 1. The Kier molecular flexibility index (Phi) is 6.92. The maximum atomic E-state index is 13.3. The van der Waals surface area contributed by atoms with Gasteiger partial charge in [0, 0.05) is 18.2 Å². The average molecular weight is 519 g/mol. The molecule has 2 aliphatic rings. The molecule has 1 saturated carbocycles. The van der Waals surface area contributed by atoms with Crippen molar-refractivity contribution in [2.24, 2.45) is 10.9 Å². The van der Waals surface area contributed by atoms with Gasteiger partial charge in [0.05, 0.1) is 22.4 Å². The van der Waals surface area contributed by atoms with Gasteiger partial charge in [-0.1, -0.05) is 36.8 Å². The molecule has 0 saturated heterocycles. The van der Waals surface area contributed by atoms with Crippen molar-refractivity contribution in [1.29, 1.82) is 0 Å². The van der Waals surface area contributed by atoms with Crippen LogP contribution in [-0.4, -0.2) is 32.1 Å². The number of nitrogens with zero attached hydrogens (tertiary/aromatic N) is 1. The van der Waals surface area contributed by atoms with Crippen molar-refractivity contribution in [1.82, 2.24) is 5.32 Å². The predicted molar refractivity (Wildman–Crippen MR) is 128 cm³/mol. The minimum absolute atomic E-state index is 0.112. The van der Waals surface area contributed by atoms with Crippen molar-refractivity contribution in [3.05, 3.63) is 77.0 Å². The molecule has 190 valence electrons. The van der Waals surface area contributed by atoms with Crippen LogP contribution >= 0.6 is 0 Å². The summed E-state index contributed by atoms with van der Waals surface area (Å²) in [6, 6.07) is 10.3. The molecule has 6 nitrogen and oxygen atoms in total. The molecule has 0 radical (unpaired) electrons. The van der Waals surface area contributed by atoms with E-state index < -0.39 is 45.2 Å². The number of Topliss-reactive ketones (excluding diaryl/α,β-unsaturated/α-hetero) is 1. The van der Waals surface area contributed by atoms with Crippen molar-refractivity contribution in [2.75, 3.05) is 6.26 Å². The van der Waals surface area contributed by atoms with Crippen LogP contribution in [-0.2, 0) is 25.6 Å². The molecule has 2 aromatic rings. The van der Waals surface area contributed by atoms with E-state index in [1.165, 1.54) is 31.2 Å². The first kappa shape index (κ1) is 25.8. The Labute approximate surface area is 207 Å². The maximum absolute atomic E-state index is 13.3. The number of benzene rings is 2. The van der Waals surface area contributed by atoms with Gasteiger partial charge in [0.25, 0.3) is 5.91 Å². The van der Waals surface area contributed by atoms with Crippen molar-refractivity contribution in [3.8, 4) is 0 Å². The molecule has 0 aromatic heterocycles. The number of carbonyl (C=O) groups is 2. The second-order valence-electron chi connectivity index (χ2n) is 9.22. The zero-order valence-electron chi connectivity index (χ0n) is 19.7. The monoisotopic (exact) mass is 518 g/mol. The Bertz CT molecular complexity index is 1360. The minimum atomic E-state index is -4.57. The van der Waals surface area contributed by atoms with E-state index in [1.807, 2.05) is 0 Å². The molecule has 1 N–H and O–H groups in total. The Balaban J connectivity index is 1.59. The van der Waals surface area contributed by atoms with E-state index in [2.05, 4.69) is 10.3 Å². The van der Waals surface area contributed by atoms with Crippen LogP contribution in [0.1, 0.15) is 54.8 Å². The lowest BCUT2D eigenvalue weighted by atomic mass is 9.77. The van der Waals surface area contributed by atoms with E-state index in [0.29, 0.717) is 11.3 Å². The first-order valence-electron chi connectivity index (χ1n) is 11.4. The summed E-state index contributed by atoms with van der Waals surface area (Å²) in [6.45, 7) is 1.54. The van der Waals surface area contributed by atoms with Gasteiger partial charge in [-0.15, -0.1) is 0 Å². The molecule has 36 heavy (non-hydrogen) atoms. The third-order valence-electron chi connectivity index (χ3n) is 6.71. The van der Waals surface area contributed by atoms with Gasteiger partial charge in [-0.3, -0.25) is 14.6 Å². The second-order valence-corrected chi connectivity index (χ2v) is 11.2. The molecule has 0 spiro atoms. The summed E-state index contributed by atoms with van der Waals surface area (Å²) in [5.41, 5.74) is -0.00795. The van der Waals surface area contributed by atoms with Crippen LogP contribution in [0.15, 0.2) is 70.2 Å². The molecular formula is C26H25F3N2O4S. The Morgan fingerprint density at radius 3 is 2.33 bits per heavy atom. The molecule has 1 aliphatic heterocycles. The molecule has 1 heterocycles. The number of ketones is 1. The van der Waals surface area contributed by atoms with Crippen molar-refractivity contribution < 1.29 is 31.2 Å². The zero-order valence-corrected chi connectivity index (χ0v) is 20.5. The molecule has 1 amide bonds. The standard InChI is InChI=1S/C26H25F3N2O4S/c1-15-22(18-7-4-8-19(13-18)26(27,28)29)24(32)21(14-30-15)25(33)31-23(16-5-3-6-16)17-9-11-20(12-10-17)36(2,34)35/h4,7-14,16,22-23H,3,5-6H2,1-2H3,(H,31,33). The second kappa shape index (κ2) is 9.65. The number of hydrogen-bond acceptors (Lipinski definition) is 5. The number of aliphatic imine (C=N–C) groups is 1. The molecule has 1 aliphatic carbocycles. The summed E-state index contributed by atoms with van der Waals surface area (Å²) in [5.74, 6) is -2.28. The average Bonchev–Trinajstić information content (AvgIpc) is 2.76. The summed E-state index contributed by atoms with van der Waals surface area (Å²) in [7, 11) is -3.38. The van der Waals surface area contributed by atoms with Gasteiger partial charge in [-0.2, -0.15) is 13.2 Å². The quantitative estimate of drug-likeness (QED) is 0.558. The number of halogens is 3. The van der Waals surface area contributed by atoms with Gasteiger partial charge >= 0.3 is 6.18 Å². The Morgan fingerprint density at radius 2 is 1.78 bits per heavy atom. The van der Waals surface area contributed by atoms with Gasteiger partial charge < -0.3 is 5.32 Å². The highest BCUT2D eigenvalue weighted by Crippen LogP contribution is 2.39. The fraction of sp³-hybridized carbons (Fsp3) is 0.346. The third kappa shape index (κ3) is 5.28. The van der Waals surface area contributed by atoms with E-state index in [1.54, 1.807) is 12.1 Å². The highest BCUT2D eigenvalue weighted by atomic mass is 32.2. The lowest BCUT2D eigenvalue weighted by Crippen LogP contribution is -2.40. The van der Waals surface area contributed by atoms with Crippen molar-refractivity contribution >= 4 is 27.2 Å². The fourth-order valence-electron chi connectivity index (χ4n) is 4.50. The number of hydrogen-bond donors (Lipinski definition) is 1. The van der Waals surface area contributed by atoms with E-state index in [0.717, 1.165) is 43.9 Å². The highest BCUT2D eigenvalue weighted by molar-refractivity contribution is 7.90. The molecule has 2 unspecified atom stereocenters. The van der Waals surface area contributed by atoms with E-state index in [4.69, 9.17) is 0 Å². The molecule has 2 atom stereocenters. The highest BCUT2D eigenvalue weighted by Gasteiger charge is 2.37. The van der Waals surface area contributed by atoms with Crippen LogP contribution in [0.2, 0.25) is 0 Å². The van der Waals surface area contributed by atoms with Crippen LogP contribution in [0.4, 0.5) is 13.2 Å². The Hall–Kier alpha value is -3.27. The molecule has 10 heteroatoms. The summed E-state index contributed by atoms with van der Waals surface area (Å²) < 4.78 is 63.3. The van der Waals surface area contributed by atoms with Gasteiger partial charge in [0.15, 0.2) is 15.6 Å². The van der Waals surface area contributed by atoms with Gasteiger partial charge in [-0.25, -0.2) is 8.42 Å². The molecule has 4 rings (SSSR count). The van der Waals surface area contributed by atoms with Gasteiger partial charge in [-0.05, 0) is 55.0 Å². The molecule has 2 aromatic carbocycles. The minimum Gasteiger partial charge on any atom is -0.345 e. The van der Waals surface area contributed by atoms with Crippen LogP contribution in [0.25, 0.3) is 0 Å². The number of alkyl halides is 3. The lowest BCUT2D eigenvalue weighted by molar-refractivity contribution is -0.137. The summed E-state index contributed by atoms with van der Waals surface area (Å²) >= 11 is 0. The number of carbonyl (C=O) groups excluding carboxylic acids is 2. The summed E-state index contributed by atoms with van der Waals surface area (Å²) in [6.07, 6.45) is 0.393. The predicted octanol–water partition coefficient (Wildman–Crippen LogP) is 4.78. The molecule has 1 fully saturated rings. The summed E-state index contributed by atoms with van der Waals surface area (Å²) in [4.78, 5) is 30.8. The zero-order chi connectivity index (χ0) is 26.3. The topological polar surface area (TPSA) is 92.7 Å². The van der Waals surface area contributed by atoms with Crippen molar-refractivity contribution in [2.45, 2.75) is 49.2 Å².